The fourth-order valence-electron chi connectivity index (χ4n) is 5.35. The van der Waals surface area contributed by atoms with E-state index < -0.39 is 23.7 Å². The van der Waals surface area contributed by atoms with Crippen molar-refractivity contribution in [3.05, 3.63) is 107 Å². The monoisotopic (exact) mass is 574 g/mol. The minimum Gasteiger partial charge on any atom is -0.497 e. The Bertz CT molecular complexity index is 1520. The molecule has 1 atom stereocenters. The predicted molar refractivity (Wildman–Crippen MR) is 157 cm³/mol. The van der Waals surface area contributed by atoms with E-state index in [9.17, 15) is 9.59 Å². The van der Waals surface area contributed by atoms with Crippen molar-refractivity contribution in [2.24, 2.45) is 0 Å². The van der Waals surface area contributed by atoms with Crippen LogP contribution in [-0.4, -0.2) is 34.7 Å². The fourth-order valence-corrected chi connectivity index (χ4v) is 5.70. The zero-order chi connectivity index (χ0) is 28.9. The highest BCUT2D eigenvalue weighted by atomic mass is 35.5. The molecule has 0 unspecified atom stereocenters. The van der Waals surface area contributed by atoms with Gasteiger partial charge in [0.05, 0.1) is 24.2 Å². The number of amides is 2. The number of halogens is 2. The van der Waals surface area contributed by atoms with Crippen LogP contribution in [0.2, 0.25) is 5.15 Å². The molecule has 1 saturated carbocycles. The van der Waals surface area contributed by atoms with Gasteiger partial charge in [0.25, 0.3) is 5.91 Å². The van der Waals surface area contributed by atoms with Gasteiger partial charge in [0.2, 0.25) is 5.91 Å². The minimum atomic E-state index is -1.19. The van der Waals surface area contributed by atoms with Gasteiger partial charge in [-0.05, 0) is 61.7 Å². The van der Waals surface area contributed by atoms with Gasteiger partial charge in [-0.1, -0.05) is 73.3 Å². The highest BCUT2D eigenvalue weighted by Crippen LogP contribution is 2.35. The number of hydrogen-bond acceptors (Lipinski definition) is 4. The number of aromatic nitrogens is 2. The lowest BCUT2D eigenvalue weighted by molar-refractivity contribution is -0.123. The summed E-state index contributed by atoms with van der Waals surface area (Å²) in [5.41, 5.74) is 1.56. The van der Waals surface area contributed by atoms with E-state index in [-0.39, 0.29) is 22.4 Å². The first-order valence-corrected chi connectivity index (χ1v) is 14.1. The number of nitrogens with zero attached hydrogens (tertiary/aromatic N) is 3. The van der Waals surface area contributed by atoms with E-state index in [2.05, 4.69) is 10.4 Å². The van der Waals surface area contributed by atoms with E-state index in [1.54, 1.807) is 44.4 Å². The molecule has 1 fully saturated rings. The SMILES string of the molecule is COc1ccc([C@H](C(=O)NC2CCCCC2)N(C(=O)c2c(C)nn(-c3ccccc3)c2Cl)c2ccccc2F)cc1. The summed E-state index contributed by atoms with van der Waals surface area (Å²) in [6.07, 6.45) is 4.85. The Kier molecular flexibility index (Phi) is 8.69. The highest BCUT2D eigenvalue weighted by molar-refractivity contribution is 6.34. The third-order valence-electron chi connectivity index (χ3n) is 7.44. The molecule has 1 heterocycles. The summed E-state index contributed by atoms with van der Waals surface area (Å²) in [6, 6.07) is 20.7. The van der Waals surface area contributed by atoms with Gasteiger partial charge < -0.3 is 10.1 Å². The van der Waals surface area contributed by atoms with Gasteiger partial charge in [-0.2, -0.15) is 5.10 Å². The Morgan fingerprint density at radius 2 is 1.66 bits per heavy atom. The molecule has 7 nitrogen and oxygen atoms in total. The first-order chi connectivity index (χ1) is 19.9. The molecule has 1 aliphatic carbocycles. The van der Waals surface area contributed by atoms with E-state index in [1.807, 2.05) is 30.3 Å². The molecule has 0 bridgehead atoms. The van der Waals surface area contributed by atoms with E-state index in [0.717, 1.165) is 32.1 Å². The number of hydrogen-bond donors (Lipinski definition) is 1. The summed E-state index contributed by atoms with van der Waals surface area (Å²) in [4.78, 5) is 29.8. The van der Waals surface area contributed by atoms with Gasteiger partial charge >= 0.3 is 0 Å². The van der Waals surface area contributed by atoms with E-state index in [0.29, 0.717) is 22.7 Å². The van der Waals surface area contributed by atoms with Crippen molar-refractivity contribution in [2.75, 3.05) is 12.0 Å². The Morgan fingerprint density at radius 3 is 2.32 bits per heavy atom. The topological polar surface area (TPSA) is 76.5 Å². The number of carbonyl (C=O) groups excluding carboxylic acids is 2. The number of para-hydroxylation sites is 2. The standard InChI is InChI=1S/C32H32ClFN4O3/c1-21-28(30(33)38(36-21)24-13-7-4-8-14-24)32(40)37(27-16-10-9-15-26(27)34)29(22-17-19-25(41-2)20-18-22)31(39)35-23-11-5-3-6-12-23/h4,7-10,13-20,23,29H,3,5-6,11-12H2,1-2H3,(H,35,39)/t29-/m1/s1. The molecule has 9 heteroatoms. The number of carbonyl (C=O) groups is 2. The lowest BCUT2D eigenvalue weighted by Crippen LogP contribution is -2.47. The third kappa shape index (κ3) is 5.98. The van der Waals surface area contributed by atoms with E-state index >= 15 is 4.39 Å². The Balaban J connectivity index is 1.65. The second-order valence-electron chi connectivity index (χ2n) is 10.1. The molecule has 4 aromatic rings. The number of benzene rings is 3. The Morgan fingerprint density at radius 1 is 1.00 bits per heavy atom. The number of nitrogens with one attached hydrogen (secondary N) is 1. The van der Waals surface area contributed by atoms with Crippen LogP contribution >= 0.6 is 11.6 Å². The number of methoxy groups -OCH3 is 1. The van der Waals surface area contributed by atoms with Gasteiger partial charge in [-0.3, -0.25) is 14.5 Å². The predicted octanol–water partition coefficient (Wildman–Crippen LogP) is 6.82. The van der Waals surface area contributed by atoms with Crippen LogP contribution in [0, 0.1) is 12.7 Å². The second kappa shape index (κ2) is 12.6. The maximum Gasteiger partial charge on any atom is 0.264 e. The average molecular weight is 575 g/mol. The van der Waals surface area contributed by atoms with Gasteiger partial charge in [-0.15, -0.1) is 0 Å². The molecule has 0 spiro atoms. The second-order valence-corrected chi connectivity index (χ2v) is 10.5. The lowest BCUT2D eigenvalue weighted by atomic mass is 9.94. The maximum absolute atomic E-state index is 15.5. The summed E-state index contributed by atoms with van der Waals surface area (Å²) in [6.45, 7) is 1.67. The highest BCUT2D eigenvalue weighted by Gasteiger charge is 2.38. The molecule has 41 heavy (non-hydrogen) atoms. The largest absolute Gasteiger partial charge is 0.497 e. The summed E-state index contributed by atoms with van der Waals surface area (Å²) in [7, 11) is 1.55. The molecule has 1 aromatic heterocycles. The fraction of sp³-hybridized carbons (Fsp3) is 0.281. The van der Waals surface area contributed by atoms with Crippen LogP contribution in [0.4, 0.5) is 10.1 Å². The number of rotatable bonds is 8. The zero-order valence-corrected chi connectivity index (χ0v) is 23.8. The van der Waals surface area contributed by atoms with Crippen molar-refractivity contribution in [1.29, 1.82) is 0 Å². The molecule has 2 amide bonds. The number of aryl methyl sites for hydroxylation is 1. The molecule has 1 N–H and O–H groups in total. The van der Waals surface area contributed by atoms with Crippen molar-refractivity contribution < 1.29 is 18.7 Å². The van der Waals surface area contributed by atoms with Crippen molar-refractivity contribution in [1.82, 2.24) is 15.1 Å². The summed E-state index contributed by atoms with van der Waals surface area (Å²) >= 11 is 6.80. The average Bonchev–Trinajstić information content (AvgIpc) is 3.30. The van der Waals surface area contributed by atoms with Crippen LogP contribution in [0.3, 0.4) is 0 Å². The van der Waals surface area contributed by atoms with Gasteiger partial charge in [0.1, 0.15) is 28.3 Å². The number of anilines is 1. The number of ether oxygens (including phenoxy) is 1. The molecular formula is C32H32ClFN4O3. The minimum absolute atomic E-state index is 0.0271. The van der Waals surface area contributed by atoms with Gasteiger partial charge in [0, 0.05) is 6.04 Å². The Hall–Kier alpha value is -4.17. The summed E-state index contributed by atoms with van der Waals surface area (Å²) < 4.78 is 22.3. The van der Waals surface area contributed by atoms with E-state index in [1.165, 1.54) is 27.8 Å². The molecule has 212 valence electrons. The molecule has 3 aromatic carbocycles. The molecule has 0 saturated heterocycles. The van der Waals surface area contributed by atoms with Crippen LogP contribution in [0.5, 0.6) is 5.75 Å². The molecular weight excluding hydrogens is 543 g/mol. The lowest BCUT2D eigenvalue weighted by Gasteiger charge is -2.33. The van der Waals surface area contributed by atoms with Crippen molar-refractivity contribution in [3.63, 3.8) is 0 Å². The normalized spacial score (nSPS) is 14.3. The zero-order valence-electron chi connectivity index (χ0n) is 23.0. The van der Waals surface area contributed by atoms with Crippen molar-refractivity contribution in [3.8, 4) is 11.4 Å². The van der Waals surface area contributed by atoms with E-state index in [4.69, 9.17) is 16.3 Å². The molecule has 1 aliphatic rings. The molecule has 5 rings (SSSR count). The molecule has 0 aliphatic heterocycles. The van der Waals surface area contributed by atoms with Gasteiger partial charge in [-0.25, -0.2) is 9.07 Å². The van der Waals surface area contributed by atoms with Crippen molar-refractivity contribution in [2.45, 2.75) is 51.1 Å². The first kappa shape index (κ1) is 28.4. The first-order valence-electron chi connectivity index (χ1n) is 13.7. The van der Waals surface area contributed by atoms with Crippen LogP contribution in [0.25, 0.3) is 5.69 Å². The Labute approximate surface area is 243 Å². The van der Waals surface area contributed by atoms with Crippen LogP contribution in [0.15, 0.2) is 78.9 Å². The van der Waals surface area contributed by atoms with Crippen LogP contribution < -0.4 is 15.0 Å². The molecule has 0 radical (unpaired) electrons. The van der Waals surface area contributed by atoms with Gasteiger partial charge in [0.15, 0.2) is 0 Å². The maximum atomic E-state index is 15.5. The summed E-state index contributed by atoms with van der Waals surface area (Å²) in [5, 5.41) is 7.73. The quantitative estimate of drug-likeness (QED) is 0.250. The smallest absolute Gasteiger partial charge is 0.264 e. The van der Waals surface area contributed by atoms with Crippen molar-refractivity contribution >= 4 is 29.1 Å². The third-order valence-corrected chi connectivity index (χ3v) is 7.79. The summed E-state index contributed by atoms with van der Waals surface area (Å²) in [5.74, 6) is -1.09. The van der Waals surface area contributed by atoms with Crippen LogP contribution in [-0.2, 0) is 4.79 Å². The van der Waals surface area contributed by atoms with Crippen LogP contribution in [0.1, 0.15) is 59.8 Å².